The summed E-state index contributed by atoms with van der Waals surface area (Å²) in [4.78, 5) is 15.1. The fraction of sp³-hybridized carbons (Fsp3) is 0.208. The number of nitrogens with zero attached hydrogens (tertiary/aromatic N) is 1. The van der Waals surface area contributed by atoms with E-state index in [2.05, 4.69) is 12.1 Å². The number of aryl methyl sites for hydroxylation is 1. The molecule has 0 N–H and O–H groups in total. The van der Waals surface area contributed by atoms with Gasteiger partial charge in [0.2, 0.25) is 0 Å². The Morgan fingerprint density at radius 2 is 1.83 bits per heavy atom. The summed E-state index contributed by atoms with van der Waals surface area (Å²) in [7, 11) is 0. The highest BCUT2D eigenvalue weighted by Gasteiger charge is 2.59. The predicted octanol–water partition coefficient (Wildman–Crippen LogP) is 6.38. The number of rotatable bonds is 0. The van der Waals surface area contributed by atoms with E-state index in [1.54, 1.807) is 17.0 Å². The number of halogens is 1. The first-order valence-electron chi connectivity index (χ1n) is 9.84. The Balaban J connectivity index is 1.67. The van der Waals surface area contributed by atoms with Crippen molar-refractivity contribution in [3.05, 3.63) is 88.4 Å². The molecule has 1 saturated heterocycles. The molecular formula is C24H18ClNO3. The molecule has 2 heterocycles. The minimum absolute atomic E-state index is 0.327. The first-order chi connectivity index (χ1) is 14.2. The van der Waals surface area contributed by atoms with E-state index in [4.69, 9.17) is 21.1 Å². The van der Waals surface area contributed by atoms with Crippen molar-refractivity contribution in [1.29, 1.82) is 0 Å². The SMILES string of the molecule is O=C1O[C@@]2(CCCc3ccccc32)C2c3ccccc3Oc3ccc(Cl)cc3N12. The quantitative estimate of drug-likeness (QED) is 0.437. The summed E-state index contributed by atoms with van der Waals surface area (Å²) in [5.74, 6) is 1.34. The number of carbonyl (C=O) groups excluding carboxylic acids is 1. The lowest BCUT2D eigenvalue weighted by Gasteiger charge is -2.39. The Bertz CT molecular complexity index is 1160. The zero-order chi connectivity index (χ0) is 19.6. The van der Waals surface area contributed by atoms with Crippen LogP contribution in [0.1, 0.15) is 35.6 Å². The zero-order valence-corrected chi connectivity index (χ0v) is 16.4. The number of hydrogen-bond acceptors (Lipinski definition) is 3. The summed E-state index contributed by atoms with van der Waals surface area (Å²) in [6.07, 6.45) is 2.35. The van der Waals surface area contributed by atoms with Crippen LogP contribution in [-0.4, -0.2) is 6.09 Å². The highest BCUT2D eigenvalue weighted by atomic mass is 35.5. The van der Waals surface area contributed by atoms with Crippen LogP contribution in [0.2, 0.25) is 5.02 Å². The van der Waals surface area contributed by atoms with Gasteiger partial charge in [-0.25, -0.2) is 4.79 Å². The molecule has 1 fully saturated rings. The van der Waals surface area contributed by atoms with Crippen molar-refractivity contribution >= 4 is 23.4 Å². The lowest BCUT2D eigenvalue weighted by atomic mass is 9.72. The van der Waals surface area contributed by atoms with Crippen molar-refractivity contribution in [2.75, 3.05) is 4.90 Å². The maximum absolute atomic E-state index is 13.3. The lowest BCUT2D eigenvalue weighted by Crippen LogP contribution is -2.39. The van der Waals surface area contributed by atoms with Gasteiger partial charge >= 0.3 is 6.09 Å². The number of para-hydroxylation sites is 1. The Morgan fingerprint density at radius 3 is 2.76 bits per heavy atom. The van der Waals surface area contributed by atoms with Crippen LogP contribution in [-0.2, 0) is 16.8 Å². The highest BCUT2D eigenvalue weighted by molar-refractivity contribution is 6.31. The van der Waals surface area contributed by atoms with E-state index >= 15 is 0 Å². The fourth-order valence-corrected chi connectivity index (χ4v) is 5.27. The van der Waals surface area contributed by atoms with Gasteiger partial charge in [0.25, 0.3) is 0 Å². The molecule has 3 aliphatic rings. The Morgan fingerprint density at radius 1 is 1.00 bits per heavy atom. The number of ether oxygens (including phenoxy) is 2. The van der Waals surface area contributed by atoms with Gasteiger partial charge in [-0.3, -0.25) is 4.90 Å². The number of carbonyl (C=O) groups is 1. The molecule has 5 heteroatoms. The number of amides is 1. The summed E-state index contributed by atoms with van der Waals surface area (Å²) < 4.78 is 12.5. The number of hydrogen-bond donors (Lipinski definition) is 0. The van der Waals surface area contributed by atoms with Gasteiger partial charge in [-0.2, -0.15) is 0 Å². The van der Waals surface area contributed by atoms with Crippen molar-refractivity contribution in [1.82, 2.24) is 0 Å². The van der Waals surface area contributed by atoms with E-state index in [0.717, 1.165) is 36.1 Å². The summed E-state index contributed by atoms with van der Waals surface area (Å²) in [5.41, 5.74) is 3.16. The van der Waals surface area contributed by atoms with E-state index in [0.29, 0.717) is 16.5 Å². The molecule has 1 aliphatic carbocycles. The van der Waals surface area contributed by atoms with Gasteiger partial charge in [0.05, 0.1) is 5.69 Å². The zero-order valence-electron chi connectivity index (χ0n) is 15.6. The second-order valence-electron chi connectivity index (χ2n) is 7.79. The molecule has 1 unspecified atom stereocenters. The van der Waals surface area contributed by atoms with Crippen LogP contribution >= 0.6 is 11.6 Å². The first-order valence-corrected chi connectivity index (χ1v) is 10.2. The largest absolute Gasteiger partial charge is 0.455 e. The minimum atomic E-state index is -0.755. The molecule has 1 spiro atoms. The van der Waals surface area contributed by atoms with Crippen molar-refractivity contribution in [2.24, 2.45) is 0 Å². The van der Waals surface area contributed by atoms with Crippen LogP contribution in [0.4, 0.5) is 10.5 Å². The summed E-state index contributed by atoms with van der Waals surface area (Å²) in [6.45, 7) is 0. The normalized spacial score (nSPS) is 24.0. The summed E-state index contributed by atoms with van der Waals surface area (Å²) in [6, 6.07) is 21.2. The van der Waals surface area contributed by atoms with Gasteiger partial charge in [-0.1, -0.05) is 54.1 Å². The average Bonchev–Trinajstić information content (AvgIpc) is 2.93. The minimum Gasteiger partial charge on any atom is -0.455 e. The Hall–Kier alpha value is -2.98. The molecule has 3 aromatic rings. The van der Waals surface area contributed by atoms with Gasteiger partial charge < -0.3 is 9.47 Å². The number of fused-ring (bicyclic) bond motifs is 8. The van der Waals surface area contributed by atoms with Crippen LogP contribution in [0.25, 0.3) is 0 Å². The van der Waals surface area contributed by atoms with Crippen LogP contribution in [0.5, 0.6) is 11.5 Å². The maximum atomic E-state index is 13.3. The second kappa shape index (κ2) is 6.01. The smallest absolute Gasteiger partial charge is 0.416 e. The van der Waals surface area contributed by atoms with E-state index < -0.39 is 5.60 Å². The third kappa shape index (κ3) is 2.29. The van der Waals surface area contributed by atoms with Crippen molar-refractivity contribution < 1.29 is 14.3 Å². The molecule has 29 heavy (non-hydrogen) atoms. The van der Waals surface area contributed by atoms with E-state index in [1.165, 1.54) is 5.56 Å². The van der Waals surface area contributed by atoms with Crippen molar-refractivity contribution in [3.63, 3.8) is 0 Å². The third-order valence-electron chi connectivity index (χ3n) is 6.25. The third-order valence-corrected chi connectivity index (χ3v) is 6.48. The first kappa shape index (κ1) is 16.9. The Labute approximate surface area is 173 Å². The molecule has 0 saturated carbocycles. The molecular weight excluding hydrogens is 386 g/mol. The molecule has 6 rings (SSSR count). The van der Waals surface area contributed by atoms with Gasteiger partial charge in [0.1, 0.15) is 11.8 Å². The molecule has 2 aliphatic heterocycles. The average molecular weight is 404 g/mol. The summed E-state index contributed by atoms with van der Waals surface area (Å²) >= 11 is 6.30. The van der Waals surface area contributed by atoms with Gasteiger partial charge in [-0.05, 0) is 49.1 Å². The molecule has 0 bridgehead atoms. The van der Waals surface area contributed by atoms with Crippen LogP contribution < -0.4 is 9.64 Å². The molecule has 0 aromatic heterocycles. The van der Waals surface area contributed by atoms with Crippen molar-refractivity contribution in [2.45, 2.75) is 30.9 Å². The van der Waals surface area contributed by atoms with Crippen LogP contribution in [0.15, 0.2) is 66.7 Å². The van der Waals surface area contributed by atoms with Gasteiger partial charge in [0, 0.05) is 16.1 Å². The molecule has 4 nitrogen and oxygen atoms in total. The number of anilines is 1. The molecule has 1 amide bonds. The van der Waals surface area contributed by atoms with E-state index in [-0.39, 0.29) is 12.1 Å². The molecule has 144 valence electrons. The lowest BCUT2D eigenvalue weighted by molar-refractivity contribution is 0.0170. The maximum Gasteiger partial charge on any atom is 0.416 e. The number of benzene rings is 3. The van der Waals surface area contributed by atoms with Gasteiger partial charge in [-0.15, -0.1) is 0 Å². The molecule has 2 atom stereocenters. The summed E-state index contributed by atoms with van der Waals surface area (Å²) in [5, 5.41) is 0.551. The highest BCUT2D eigenvalue weighted by Crippen LogP contribution is 2.59. The van der Waals surface area contributed by atoms with Gasteiger partial charge in [0.15, 0.2) is 11.4 Å². The molecule has 0 radical (unpaired) electrons. The predicted molar refractivity (Wildman–Crippen MR) is 111 cm³/mol. The standard InChI is InChI=1S/C24H18ClNO3/c25-16-11-12-21-19(14-16)26-22(17-8-2-4-10-20(17)28-21)24(29-23(26)27)13-5-7-15-6-1-3-9-18(15)24/h1-4,6,8-12,14,22H,5,7,13H2/t22?,24-/m1/s1. The van der Waals surface area contributed by atoms with Crippen LogP contribution in [0, 0.1) is 0 Å². The molecule has 3 aromatic carbocycles. The van der Waals surface area contributed by atoms with Crippen molar-refractivity contribution in [3.8, 4) is 11.5 Å². The topological polar surface area (TPSA) is 38.8 Å². The van der Waals surface area contributed by atoms with E-state index in [1.807, 2.05) is 42.5 Å². The van der Waals surface area contributed by atoms with E-state index in [9.17, 15) is 4.79 Å². The second-order valence-corrected chi connectivity index (χ2v) is 8.23. The van der Waals surface area contributed by atoms with Crippen LogP contribution in [0.3, 0.4) is 0 Å². The fourth-order valence-electron chi connectivity index (χ4n) is 5.10. The monoisotopic (exact) mass is 403 g/mol. The Kier molecular flexibility index (Phi) is 3.51.